The van der Waals surface area contributed by atoms with Crippen LogP contribution in [0.1, 0.15) is 31.4 Å². The molecule has 6 heteroatoms. The minimum absolute atomic E-state index is 0. The molecule has 1 aliphatic rings. The van der Waals surface area contributed by atoms with Crippen LogP contribution in [0, 0.1) is 0 Å². The van der Waals surface area contributed by atoms with E-state index in [1.165, 1.54) is 0 Å². The average Bonchev–Trinajstić information content (AvgIpc) is 2.80. The molecule has 1 saturated heterocycles. The molecule has 0 bridgehead atoms. The summed E-state index contributed by atoms with van der Waals surface area (Å²) in [6, 6.07) is 5.13. The molecule has 2 unspecified atom stereocenters. The molecule has 1 heterocycles. The van der Waals surface area contributed by atoms with Crippen LogP contribution in [-0.2, 0) is 4.79 Å². The molecular weight excluding hydrogens is 307 g/mol. The van der Waals surface area contributed by atoms with Crippen molar-refractivity contribution in [3.05, 3.63) is 33.8 Å². The first kappa shape index (κ1) is 16.6. The molecule has 2 atom stereocenters. The predicted octanol–water partition coefficient (Wildman–Crippen LogP) is 3.43. The van der Waals surface area contributed by atoms with E-state index in [1.54, 1.807) is 13.0 Å². The van der Waals surface area contributed by atoms with Crippen LogP contribution >= 0.6 is 35.6 Å². The Hall–Kier alpha value is -0.480. The first-order valence-corrected chi connectivity index (χ1v) is 6.77. The van der Waals surface area contributed by atoms with Gasteiger partial charge in [-0.15, -0.1) is 12.4 Å². The number of likely N-dealkylation sites (tertiary alicyclic amines) is 1. The molecule has 1 aromatic rings. The zero-order valence-electron chi connectivity index (χ0n) is 10.6. The smallest absolute Gasteiger partial charge is 0.239 e. The average molecular weight is 324 g/mol. The standard InChI is InChI=1S/C13H16Cl2N2O.ClH/c1-8(16)13(18)17-6-2-3-12(17)9-4-5-10(14)11(15)7-9;/h4-5,7-8,12H,2-3,6,16H2,1H3;1H. The Bertz CT molecular complexity index is 465. The van der Waals surface area contributed by atoms with Crippen molar-refractivity contribution < 1.29 is 4.79 Å². The summed E-state index contributed by atoms with van der Waals surface area (Å²) in [7, 11) is 0. The van der Waals surface area contributed by atoms with Gasteiger partial charge >= 0.3 is 0 Å². The molecule has 0 aliphatic carbocycles. The normalized spacial score (nSPS) is 20.0. The summed E-state index contributed by atoms with van der Waals surface area (Å²) in [5.74, 6) is -0.0106. The third kappa shape index (κ3) is 3.54. The summed E-state index contributed by atoms with van der Waals surface area (Å²) in [5.41, 5.74) is 6.70. The molecule has 1 aliphatic heterocycles. The Morgan fingerprint density at radius 2 is 2.11 bits per heavy atom. The van der Waals surface area contributed by atoms with Gasteiger partial charge in [-0.3, -0.25) is 4.79 Å². The van der Waals surface area contributed by atoms with Gasteiger partial charge in [0.25, 0.3) is 0 Å². The van der Waals surface area contributed by atoms with Crippen molar-refractivity contribution in [3.63, 3.8) is 0 Å². The zero-order chi connectivity index (χ0) is 13.3. The van der Waals surface area contributed by atoms with Crippen molar-refractivity contribution in [1.29, 1.82) is 0 Å². The van der Waals surface area contributed by atoms with Gasteiger partial charge < -0.3 is 10.6 Å². The number of nitrogens with zero attached hydrogens (tertiary/aromatic N) is 1. The number of halogens is 3. The number of amides is 1. The van der Waals surface area contributed by atoms with E-state index < -0.39 is 6.04 Å². The van der Waals surface area contributed by atoms with Crippen molar-refractivity contribution in [2.45, 2.75) is 31.8 Å². The SMILES string of the molecule is CC(N)C(=O)N1CCCC1c1ccc(Cl)c(Cl)c1.Cl. The fraction of sp³-hybridized carbons (Fsp3) is 0.462. The molecule has 106 valence electrons. The van der Waals surface area contributed by atoms with Crippen LogP contribution in [0.15, 0.2) is 18.2 Å². The van der Waals surface area contributed by atoms with Gasteiger partial charge in [-0.1, -0.05) is 29.3 Å². The molecule has 19 heavy (non-hydrogen) atoms. The number of nitrogens with two attached hydrogens (primary N) is 1. The van der Waals surface area contributed by atoms with E-state index in [2.05, 4.69) is 0 Å². The number of benzene rings is 1. The van der Waals surface area contributed by atoms with Crippen LogP contribution in [0.5, 0.6) is 0 Å². The number of hydrogen-bond donors (Lipinski definition) is 1. The highest BCUT2D eigenvalue weighted by atomic mass is 35.5. The molecule has 2 rings (SSSR count). The molecule has 1 amide bonds. The number of hydrogen-bond acceptors (Lipinski definition) is 2. The molecule has 1 fully saturated rings. The fourth-order valence-corrected chi connectivity index (χ4v) is 2.66. The Balaban J connectivity index is 0.00000180. The highest BCUT2D eigenvalue weighted by molar-refractivity contribution is 6.42. The van der Waals surface area contributed by atoms with Gasteiger partial charge in [0.05, 0.1) is 22.1 Å². The Kier molecular flexibility index (Phi) is 5.93. The summed E-state index contributed by atoms with van der Waals surface area (Å²) >= 11 is 11.9. The maximum absolute atomic E-state index is 12.0. The Labute approximate surface area is 129 Å². The molecule has 0 spiro atoms. The first-order valence-electron chi connectivity index (χ1n) is 6.01. The van der Waals surface area contributed by atoms with Gasteiger partial charge in [-0.05, 0) is 37.5 Å². The van der Waals surface area contributed by atoms with Crippen LogP contribution < -0.4 is 5.73 Å². The quantitative estimate of drug-likeness (QED) is 0.906. The van der Waals surface area contributed by atoms with Crippen LogP contribution in [0.2, 0.25) is 10.0 Å². The second kappa shape index (κ2) is 6.80. The summed E-state index contributed by atoms with van der Waals surface area (Å²) < 4.78 is 0. The van der Waals surface area contributed by atoms with Gasteiger partial charge in [0.15, 0.2) is 0 Å². The van der Waals surface area contributed by atoms with E-state index in [9.17, 15) is 4.79 Å². The molecule has 3 nitrogen and oxygen atoms in total. The van der Waals surface area contributed by atoms with Gasteiger partial charge in [0, 0.05) is 6.54 Å². The van der Waals surface area contributed by atoms with Crippen LogP contribution in [0.3, 0.4) is 0 Å². The zero-order valence-corrected chi connectivity index (χ0v) is 12.9. The van der Waals surface area contributed by atoms with Crippen molar-refractivity contribution in [2.24, 2.45) is 5.73 Å². The summed E-state index contributed by atoms with van der Waals surface area (Å²) in [6.45, 7) is 2.47. The highest BCUT2D eigenvalue weighted by Gasteiger charge is 2.31. The maximum Gasteiger partial charge on any atom is 0.239 e. The molecule has 0 saturated carbocycles. The monoisotopic (exact) mass is 322 g/mol. The van der Waals surface area contributed by atoms with Gasteiger partial charge in [-0.25, -0.2) is 0 Å². The minimum Gasteiger partial charge on any atom is -0.334 e. The van der Waals surface area contributed by atoms with Gasteiger partial charge in [0.1, 0.15) is 0 Å². The lowest BCUT2D eigenvalue weighted by atomic mass is 10.0. The van der Waals surface area contributed by atoms with Crippen LogP contribution in [0.4, 0.5) is 0 Å². The van der Waals surface area contributed by atoms with Crippen LogP contribution in [-0.4, -0.2) is 23.4 Å². The lowest BCUT2D eigenvalue weighted by Crippen LogP contribution is -2.41. The first-order chi connectivity index (χ1) is 8.50. The number of carbonyl (C=O) groups is 1. The van der Waals surface area contributed by atoms with Crippen molar-refractivity contribution in [1.82, 2.24) is 4.90 Å². The Morgan fingerprint density at radius 1 is 1.42 bits per heavy atom. The third-order valence-corrected chi connectivity index (χ3v) is 3.99. The highest BCUT2D eigenvalue weighted by Crippen LogP contribution is 2.35. The molecule has 0 aromatic heterocycles. The summed E-state index contributed by atoms with van der Waals surface area (Å²) in [4.78, 5) is 13.9. The van der Waals surface area contributed by atoms with Crippen LogP contribution in [0.25, 0.3) is 0 Å². The van der Waals surface area contributed by atoms with E-state index in [4.69, 9.17) is 28.9 Å². The molecular formula is C13H17Cl3N2O. The number of rotatable bonds is 2. The largest absolute Gasteiger partial charge is 0.334 e. The number of carbonyl (C=O) groups excluding carboxylic acids is 1. The van der Waals surface area contributed by atoms with Gasteiger partial charge in [0.2, 0.25) is 5.91 Å². The van der Waals surface area contributed by atoms with E-state index >= 15 is 0 Å². The molecule has 1 aromatic carbocycles. The fourth-order valence-electron chi connectivity index (χ4n) is 2.36. The minimum atomic E-state index is -0.464. The summed E-state index contributed by atoms with van der Waals surface area (Å²) in [5, 5.41) is 1.05. The topological polar surface area (TPSA) is 46.3 Å². The van der Waals surface area contributed by atoms with E-state index in [-0.39, 0.29) is 24.4 Å². The molecule has 2 N–H and O–H groups in total. The maximum atomic E-state index is 12.0. The Morgan fingerprint density at radius 3 is 2.68 bits per heavy atom. The van der Waals surface area contributed by atoms with E-state index in [0.29, 0.717) is 10.0 Å². The third-order valence-electron chi connectivity index (χ3n) is 3.25. The van der Waals surface area contributed by atoms with E-state index in [1.807, 2.05) is 17.0 Å². The predicted molar refractivity (Wildman–Crippen MR) is 81.0 cm³/mol. The summed E-state index contributed by atoms with van der Waals surface area (Å²) in [6.07, 6.45) is 1.93. The van der Waals surface area contributed by atoms with Crippen molar-refractivity contribution >= 4 is 41.5 Å². The van der Waals surface area contributed by atoms with Crippen molar-refractivity contribution in [3.8, 4) is 0 Å². The lowest BCUT2D eigenvalue weighted by molar-refractivity contribution is -0.133. The van der Waals surface area contributed by atoms with Crippen molar-refractivity contribution in [2.75, 3.05) is 6.54 Å². The molecule has 0 radical (unpaired) electrons. The lowest BCUT2D eigenvalue weighted by Gasteiger charge is -2.26. The second-order valence-corrected chi connectivity index (χ2v) is 5.47. The second-order valence-electron chi connectivity index (χ2n) is 4.65. The van der Waals surface area contributed by atoms with E-state index in [0.717, 1.165) is 24.9 Å². The van der Waals surface area contributed by atoms with Gasteiger partial charge in [-0.2, -0.15) is 0 Å².